The first-order valence-corrected chi connectivity index (χ1v) is 16.8. The molecule has 1 unspecified atom stereocenters. The predicted molar refractivity (Wildman–Crippen MR) is 194 cm³/mol. The second-order valence-electron chi connectivity index (χ2n) is 15.7. The molecule has 4 aliphatic rings. The number of benzene rings is 2. The average Bonchev–Trinajstić information content (AvgIpc) is 3.02. The molecule has 47 heavy (non-hydrogen) atoms. The quantitative estimate of drug-likeness (QED) is 0.311. The van der Waals surface area contributed by atoms with Crippen LogP contribution in [0.15, 0.2) is 83.6 Å². The standard InChI is InChI=1S/C21H25NO.C21H23NO.CH4/c2*1-20(2)18-11-10-16(12-15-8-6-5-7-9-15)13-21(18,3)14-17(22-4)19(20)23;/h5-9,12,17-18H,10-11,13-14H2,1-3H3;5-9,12,14,18H,10-11,13H2,1-3H3;1H4/b;16-12+;/t17?,18-,21-;18-,21-;/m00./s1. The number of allylic oxidation sites excluding steroid dienone is 4. The molecule has 6 rings (SSSR count). The fourth-order valence-electron chi connectivity index (χ4n) is 9.56. The van der Waals surface area contributed by atoms with E-state index in [1.165, 1.54) is 22.3 Å². The van der Waals surface area contributed by atoms with Crippen molar-refractivity contribution in [1.82, 2.24) is 0 Å². The van der Waals surface area contributed by atoms with Gasteiger partial charge in [0.1, 0.15) is 0 Å². The normalized spacial score (nSPS) is 32.3. The van der Waals surface area contributed by atoms with Crippen molar-refractivity contribution < 1.29 is 9.59 Å². The van der Waals surface area contributed by atoms with Crippen molar-refractivity contribution in [3.05, 3.63) is 118 Å². The Morgan fingerprint density at radius 1 is 0.723 bits per heavy atom. The third-order valence-electron chi connectivity index (χ3n) is 11.6. The summed E-state index contributed by atoms with van der Waals surface area (Å²) in [7, 11) is 0. The minimum absolute atomic E-state index is 0. The number of Topliss-reactive ketones (excluding diaryl/α,β-unsaturated/α-hetero) is 2. The molecule has 0 N–H and O–H groups in total. The van der Waals surface area contributed by atoms with Gasteiger partial charge in [-0.15, -0.1) is 0 Å². The third-order valence-corrected chi connectivity index (χ3v) is 11.6. The highest BCUT2D eigenvalue weighted by atomic mass is 16.1. The second-order valence-corrected chi connectivity index (χ2v) is 15.7. The number of ketones is 2. The summed E-state index contributed by atoms with van der Waals surface area (Å²) in [5, 5.41) is 0. The number of hydrogen-bond acceptors (Lipinski definition) is 2. The second kappa shape index (κ2) is 13.6. The topological polar surface area (TPSA) is 42.9 Å². The average molecular weight is 629 g/mol. The van der Waals surface area contributed by atoms with Crippen LogP contribution < -0.4 is 0 Å². The highest BCUT2D eigenvalue weighted by molar-refractivity contribution is 6.02. The molecule has 3 saturated carbocycles. The third kappa shape index (κ3) is 6.99. The van der Waals surface area contributed by atoms with Crippen LogP contribution in [0.1, 0.15) is 105 Å². The van der Waals surface area contributed by atoms with Gasteiger partial charge in [0.25, 0.3) is 6.04 Å². The number of rotatable bonds is 2. The van der Waals surface area contributed by atoms with Crippen molar-refractivity contribution in [2.24, 2.45) is 33.5 Å². The first-order valence-electron chi connectivity index (χ1n) is 16.8. The Labute approximate surface area is 283 Å². The first kappa shape index (κ1) is 35.8. The zero-order valence-electron chi connectivity index (χ0n) is 28.4. The van der Waals surface area contributed by atoms with Crippen molar-refractivity contribution in [1.29, 1.82) is 0 Å². The molecular formula is C43H52N2O2. The molecular weight excluding hydrogens is 576 g/mol. The van der Waals surface area contributed by atoms with E-state index in [9.17, 15) is 9.59 Å². The van der Waals surface area contributed by atoms with Crippen LogP contribution in [0.3, 0.4) is 0 Å². The van der Waals surface area contributed by atoms with E-state index in [0.29, 0.717) is 17.5 Å². The summed E-state index contributed by atoms with van der Waals surface area (Å²) in [6.45, 7) is 27.4. The zero-order chi connectivity index (χ0) is 33.3. The lowest BCUT2D eigenvalue weighted by Gasteiger charge is -2.52. The Morgan fingerprint density at radius 3 is 1.74 bits per heavy atom. The van der Waals surface area contributed by atoms with Crippen LogP contribution in [0.2, 0.25) is 0 Å². The molecule has 4 heteroatoms. The van der Waals surface area contributed by atoms with E-state index < -0.39 is 11.5 Å². The Balaban J connectivity index is 0.000000208. The minimum atomic E-state index is -0.456. The van der Waals surface area contributed by atoms with E-state index in [0.717, 1.165) is 44.9 Å². The number of nitrogens with zero attached hydrogens (tertiary/aromatic N) is 2. The Kier molecular flexibility index (Phi) is 10.4. The Morgan fingerprint density at radius 2 is 1.23 bits per heavy atom. The van der Waals surface area contributed by atoms with Crippen LogP contribution >= 0.6 is 0 Å². The van der Waals surface area contributed by atoms with Crippen LogP contribution in [0.25, 0.3) is 21.8 Å². The van der Waals surface area contributed by atoms with Gasteiger partial charge in [-0.25, -0.2) is 11.4 Å². The molecule has 0 spiro atoms. The SMILES string of the molecule is C.[C-]#[N+]C1=C[C@]2(C)C/C(=C/c3ccccc3)CC[C@H]2C(C)(C)C1=O.[C-]#[N+]C1C[C@]2(C)CC(=Cc3ccccc3)CC[C@H]2C(C)(C)C1=O. The first-order chi connectivity index (χ1) is 21.7. The smallest absolute Gasteiger partial charge is 0.281 e. The van der Waals surface area contributed by atoms with Gasteiger partial charge in [0.15, 0.2) is 5.78 Å². The number of fused-ring (bicyclic) bond motifs is 2. The summed E-state index contributed by atoms with van der Waals surface area (Å²) < 4.78 is 0. The van der Waals surface area contributed by atoms with Gasteiger partial charge in [-0.05, 0) is 72.3 Å². The summed E-state index contributed by atoms with van der Waals surface area (Å²) >= 11 is 0. The van der Waals surface area contributed by atoms with Crippen molar-refractivity contribution in [3.63, 3.8) is 0 Å². The maximum absolute atomic E-state index is 12.6. The summed E-state index contributed by atoms with van der Waals surface area (Å²) in [6, 6.07) is 20.4. The molecule has 2 aromatic rings. The van der Waals surface area contributed by atoms with E-state index in [1.54, 1.807) is 0 Å². The highest BCUT2D eigenvalue weighted by Gasteiger charge is 2.58. The van der Waals surface area contributed by atoms with Crippen molar-refractivity contribution in [2.45, 2.75) is 100.0 Å². The molecule has 0 amide bonds. The summed E-state index contributed by atoms with van der Waals surface area (Å²) in [6.07, 6.45) is 13.4. The van der Waals surface area contributed by atoms with Gasteiger partial charge in [0.05, 0.1) is 6.57 Å². The Hall–Kier alpha value is -4.02. The van der Waals surface area contributed by atoms with Crippen LogP contribution in [-0.2, 0) is 9.59 Å². The molecule has 0 aliphatic heterocycles. The van der Waals surface area contributed by atoms with Crippen molar-refractivity contribution >= 4 is 23.7 Å². The zero-order valence-corrected chi connectivity index (χ0v) is 28.4. The van der Waals surface area contributed by atoms with E-state index in [2.05, 4.69) is 98.1 Å². The molecule has 0 saturated heterocycles. The fraction of sp³-hybridized carbons (Fsp3) is 0.488. The number of hydrogen-bond donors (Lipinski definition) is 0. The molecule has 4 aliphatic carbocycles. The van der Waals surface area contributed by atoms with E-state index >= 15 is 0 Å². The molecule has 246 valence electrons. The summed E-state index contributed by atoms with van der Waals surface area (Å²) in [5.41, 5.74) is 4.82. The molecule has 4 nitrogen and oxygen atoms in total. The summed E-state index contributed by atoms with van der Waals surface area (Å²) in [5.74, 6) is 0.866. The lowest BCUT2D eigenvalue weighted by Crippen LogP contribution is -2.54. The van der Waals surface area contributed by atoms with Crippen LogP contribution in [0.4, 0.5) is 0 Å². The van der Waals surface area contributed by atoms with Gasteiger partial charge in [-0.2, -0.15) is 0 Å². The fourth-order valence-corrected chi connectivity index (χ4v) is 9.56. The molecule has 2 aromatic carbocycles. The lowest BCUT2D eigenvalue weighted by molar-refractivity contribution is -0.142. The van der Waals surface area contributed by atoms with Crippen molar-refractivity contribution in [2.75, 3.05) is 0 Å². The maximum atomic E-state index is 12.6. The molecule has 0 heterocycles. The summed E-state index contributed by atoms with van der Waals surface area (Å²) in [4.78, 5) is 32.3. The van der Waals surface area contributed by atoms with E-state index in [-0.39, 0.29) is 35.2 Å². The van der Waals surface area contributed by atoms with Crippen molar-refractivity contribution in [3.8, 4) is 0 Å². The lowest BCUT2D eigenvalue weighted by atomic mass is 9.49. The molecule has 0 aromatic heterocycles. The Bertz CT molecular complexity index is 1660. The van der Waals surface area contributed by atoms with E-state index in [1.807, 2.05) is 32.1 Å². The molecule has 5 atom stereocenters. The van der Waals surface area contributed by atoms with Gasteiger partial charge in [0.2, 0.25) is 11.5 Å². The van der Waals surface area contributed by atoms with Gasteiger partial charge < -0.3 is 9.64 Å². The molecule has 3 fully saturated rings. The minimum Gasteiger partial charge on any atom is -0.307 e. The van der Waals surface area contributed by atoms with Gasteiger partial charge in [0, 0.05) is 17.3 Å². The molecule has 0 radical (unpaired) electrons. The monoisotopic (exact) mass is 628 g/mol. The predicted octanol–water partition coefficient (Wildman–Crippen LogP) is 11.1. The van der Waals surface area contributed by atoms with Crippen LogP contribution in [-0.4, -0.2) is 17.6 Å². The van der Waals surface area contributed by atoms with Gasteiger partial charge >= 0.3 is 0 Å². The van der Waals surface area contributed by atoms with E-state index in [4.69, 9.17) is 13.1 Å². The number of carbonyl (C=O) groups excluding carboxylic acids is 2. The van der Waals surface area contributed by atoms with Gasteiger partial charge in [-0.1, -0.05) is 139 Å². The molecule has 0 bridgehead atoms. The van der Waals surface area contributed by atoms with Gasteiger partial charge in [-0.3, -0.25) is 4.79 Å². The highest BCUT2D eigenvalue weighted by Crippen LogP contribution is 2.58. The maximum Gasteiger partial charge on any atom is 0.281 e. The van der Waals surface area contributed by atoms with Crippen LogP contribution in [0.5, 0.6) is 0 Å². The van der Waals surface area contributed by atoms with Crippen LogP contribution in [0, 0.1) is 46.6 Å². The number of carbonyl (C=O) groups is 2. The largest absolute Gasteiger partial charge is 0.307 e.